The van der Waals surface area contributed by atoms with Gasteiger partial charge in [-0.15, -0.1) is 0 Å². The number of pyridine rings is 1. The van der Waals surface area contributed by atoms with Crippen LogP contribution in [0, 0.1) is 0 Å². The van der Waals surface area contributed by atoms with E-state index in [4.69, 9.17) is 0 Å². The van der Waals surface area contributed by atoms with Crippen LogP contribution in [-0.2, 0) is 6.54 Å². The Kier molecular flexibility index (Phi) is 7.62. The molecule has 3 nitrogen and oxygen atoms in total. The standard InChI is InChI=1S/C15H27N3/c1-4-6-15(17-9-5-2)13-18(3)12-14-7-10-16-11-8-14/h7-8,10-11,15,17H,4-6,9,12-13H2,1-3H3. The van der Waals surface area contributed by atoms with Gasteiger partial charge in [0, 0.05) is 31.5 Å². The molecule has 0 bridgehead atoms. The first-order valence-electron chi connectivity index (χ1n) is 7.07. The molecule has 0 amide bonds. The first kappa shape index (κ1) is 15.1. The summed E-state index contributed by atoms with van der Waals surface area (Å²) in [7, 11) is 2.19. The molecule has 1 heterocycles. The van der Waals surface area contributed by atoms with Crippen LogP contribution in [0.2, 0.25) is 0 Å². The Morgan fingerprint density at radius 2 is 1.94 bits per heavy atom. The molecule has 18 heavy (non-hydrogen) atoms. The van der Waals surface area contributed by atoms with Crippen LogP contribution < -0.4 is 5.32 Å². The van der Waals surface area contributed by atoms with Gasteiger partial charge in [0.1, 0.15) is 0 Å². The Morgan fingerprint density at radius 1 is 1.22 bits per heavy atom. The van der Waals surface area contributed by atoms with Gasteiger partial charge in [0.2, 0.25) is 0 Å². The van der Waals surface area contributed by atoms with E-state index in [-0.39, 0.29) is 0 Å². The van der Waals surface area contributed by atoms with Crippen molar-refractivity contribution in [3.05, 3.63) is 30.1 Å². The molecule has 0 aromatic carbocycles. The summed E-state index contributed by atoms with van der Waals surface area (Å²) in [6.07, 6.45) is 7.42. The van der Waals surface area contributed by atoms with Crippen molar-refractivity contribution in [2.75, 3.05) is 20.1 Å². The maximum absolute atomic E-state index is 4.05. The molecule has 1 unspecified atom stereocenters. The third-order valence-corrected chi connectivity index (χ3v) is 3.05. The molecule has 0 fully saturated rings. The summed E-state index contributed by atoms with van der Waals surface area (Å²) in [6, 6.07) is 4.79. The molecular formula is C15H27N3. The number of nitrogens with one attached hydrogen (secondary N) is 1. The minimum Gasteiger partial charge on any atom is -0.313 e. The summed E-state index contributed by atoms with van der Waals surface area (Å²) < 4.78 is 0. The minimum absolute atomic E-state index is 0.613. The van der Waals surface area contributed by atoms with Crippen LogP contribution in [0.4, 0.5) is 0 Å². The van der Waals surface area contributed by atoms with Gasteiger partial charge < -0.3 is 10.2 Å². The lowest BCUT2D eigenvalue weighted by Gasteiger charge is -2.24. The van der Waals surface area contributed by atoms with E-state index in [2.05, 4.69) is 48.2 Å². The lowest BCUT2D eigenvalue weighted by Crippen LogP contribution is -2.39. The van der Waals surface area contributed by atoms with E-state index >= 15 is 0 Å². The molecule has 1 atom stereocenters. The zero-order valence-electron chi connectivity index (χ0n) is 12.0. The highest BCUT2D eigenvalue weighted by Crippen LogP contribution is 2.04. The fraction of sp³-hybridized carbons (Fsp3) is 0.667. The van der Waals surface area contributed by atoms with E-state index in [0.717, 1.165) is 19.6 Å². The largest absolute Gasteiger partial charge is 0.313 e. The highest BCUT2D eigenvalue weighted by Gasteiger charge is 2.10. The zero-order valence-corrected chi connectivity index (χ0v) is 12.0. The molecule has 102 valence electrons. The molecule has 1 rings (SSSR count). The molecule has 1 aromatic rings. The van der Waals surface area contributed by atoms with Gasteiger partial charge in [-0.05, 0) is 44.1 Å². The highest BCUT2D eigenvalue weighted by atomic mass is 15.1. The van der Waals surface area contributed by atoms with Gasteiger partial charge in [0.25, 0.3) is 0 Å². The van der Waals surface area contributed by atoms with Crippen LogP contribution in [0.5, 0.6) is 0 Å². The third kappa shape index (κ3) is 6.12. The quantitative estimate of drug-likeness (QED) is 0.729. The number of hydrogen-bond acceptors (Lipinski definition) is 3. The summed E-state index contributed by atoms with van der Waals surface area (Å²) in [4.78, 5) is 6.44. The molecule has 0 aliphatic carbocycles. The topological polar surface area (TPSA) is 28.2 Å². The fourth-order valence-corrected chi connectivity index (χ4v) is 2.20. The molecule has 0 aliphatic heterocycles. The van der Waals surface area contributed by atoms with Crippen LogP contribution >= 0.6 is 0 Å². The molecule has 0 saturated heterocycles. The first-order valence-corrected chi connectivity index (χ1v) is 7.07. The summed E-state index contributed by atoms with van der Waals surface area (Å²) in [5, 5.41) is 3.63. The second-order valence-electron chi connectivity index (χ2n) is 4.99. The average molecular weight is 249 g/mol. The van der Waals surface area contributed by atoms with Crippen LogP contribution in [0.3, 0.4) is 0 Å². The summed E-state index contributed by atoms with van der Waals surface area (Å²) in [5.74, 6) is 0. The van der Waals surface area contributed by atoms with E-state index in [9.17, 15) is 0 Å². The number of nitrogens with zero attached hydrogens (tertiary/aromatic N) is 2. The van der Waals surface area contributed by atoms with Gasteiger partial charge in [-0.3, -0.25) is 4.98 Å². The van der Waals surface area contributed by atoms with Crippen molar-refractivity contribution < 1.29 is 0 Å². The average Bonchev–Trinajstić information content (AvgIpc) is 2.37. The number of likely N-dealkylation sites (N-methyl/N-ethyl adjacent to an activating group) is 1. The van der Waals surface area contributed by atoms with Gasteiger partial charge in [-0.1, -0.05) is 20.3 Å². The molecule has 0 saturated carbocycles. The van der Waals surface area contributed by atoms with Crippen LogP contribution in [0.25, 0.3) is 0 Å². The number of aromatic nitrogens is 1. The van der Waals surface area contributed by atoms with E-state index < -0.39 is 0 Å². The van der Waals surface area contributed by atoms with Crippen LogP contribution in [-0.4, -0.2) is 36.1 Å². The maximum atomic E-state index is 4.05. The van der Waals surface area contributed by atoms with E-state index in [1.54, 1.807) is 0 Å². The normalized spacial score (nSPS) is 12.9. The van der Waals surface area contributed by atoms with Gasteiger partial charge in [0.05, 0.1) is 0 Å². The fourth-order valence-electron chi connectivity index (χ4n) is 2.20. The lowest BCUT2D eigenvalue weighted by molar-refractivity contribution is 0.273. The van der Waals surface area contributed by atoms with E-state index in [0.29, 0.717) is 6.04 Å². The summed E-state index contributed by atoms with van der Waals surface area (Å²) in [6.45, 7) is 7.70. The molecule has 1 aromatic heterocycles. The van der Waals surface area contributed by atoms with Gasteiger partial charge in [-0.25, -0.2) is 0 Å². The predicted octanol–water partition coefficient (Wildman–Crippen LogP) is 2.68. The van der Waals surface area contributed by atoms with Crippen molar-refractivity contribution in [2.24, 2.45) is 0 Å². The van der Waals surface area contributed by atoms with Crippen molar-refractivity contribution in [1.82, 2.24) is 15.2 Å². The molecule has 3 heteroatoms. The molecule has 0 spiro atoms. The minimum atomic E-state index is 0.613. The van der Waals surface area contributed by atoms with Crippen molar-refractivity contribution in [3.63, 3.8) is 0 Å². The monoisotopic (exact) mass is 249 g/mol. The van der Waals surface area contributed by atoms with Gasteiger partial charge in [0.15, 0.2) is 0 Å². The van der Waals surface area contributed by atoms with Gasteiger partial charge in [-0.2, -0.15) is 0 Å². The maximum Gasteiger partial charge on any atom is 0.0271 e. The second-order valence-corrected chi connectivity index (χ2v) is 4.99. The molecular weight excluding hydrogens is 222 g/mol. The molecule has 1 N–H and O–H groups in total. The van der Waals surface area contributed by atoms with E-state index in [1.807, 2.05) is 12.4 Å². The lowest BCUT2D eigenvalue weighted by atomic mass is 10.1. The Hall–Kier alpha value is -0.930. The van der Waals surface area contributed by atoms with Crippen LogP contribution in [0.1, 0.15) is 38.7 Å². The first-order chi connectivity index (χ1) is 8.76. The van der Waals surface area contributed by atoms with Crippen molar-refractivity contribution in [1.29, 1.82) is 0 Å². The SMILES string of the molecule is CCCNC(CCC)CN(C)Cc1ccncc1. The van der Waals surface area contributed by atoms with Crippen molar-refractivity contribution in [2.45, 2.75) is 45.7 Å². The smallest absolute Gasteiger partial charge is 0.0271 e. The Labute approximate surface area is 112 Å². The highest BCUT2D eigenvalue weighted by molar-refractivity contribution is 5.09. The number of hydrogen-bond donors (Lipinski definition) is 1. The predicted molar refractivity (Wildman–Crippen MR) is 77.6 cm³/mol. The van der Waals surface area contributed by atoms with Crippen molar-refractivity contribution >= 4 is 0 Å². The molecule has 0 aliphatic rings. The summed E-state index contributed by atoms with van der Waals surface area (Å²) >= 11 is 0. The summed E-state index contributed by atoms with van der Waals surface area (Å²) in [5.41, 5.74) is 1.33. The number of rotatable bonds is 9. The Morgan fingerprint density at radius 3 is 2.56 bits per heavy atom. The Bertz CT molecular complexity index is 300. The zero-order chi connectivity index (χ0) is 13.2. The Balaban J connectivity index is 2.37. The van der Waals surface area contributed by atoms with Crippen LogP contribution in [0.15, 0.2) is 24.5 Å². The second kappa shape index (κ2) is 9.06. The third-order valence-electron chi connectivity index (χ3n) is 3.05. The van der Waals surface area contributed by atoms with Gasteiger partial charge >= 0.3 is 0 Å². The van der Waals surface area contributed by atoms with Crippen molar-refractivity contribution in [3.8, 4) is 0 Å². The van der Waals surface area contributed by atoms with E-state index in [1.165, 1.54) is 24.8 Å². The molecule has 0 radical (unpaired) electrons.